The maximum Gasteiger partial charge on any atom is 0.266 e. The molecule has 0 aliphatic carbocycles. The van der Waals surface area contributed by atoms with Crippen LogP contribution >= 0.6 is 24.0 Å². The van der Waals surface area contributed by atoms with Gasteiger partial charge in [0.25, 0.3) is 5.91 Å². The summed E-state index contributed by atoms with van der Waals surface area (Å²) < 4.78 is 23.7. The van der Waals surface area contributed by atoms with Crippen molar-refractivity contribution in [2.75, 3.05) is 25.1 Å². The van der Waals surface area contributed by atoms with Gasteiger partial charge in [-0.25, -0.2) is 8.42 Å². The van der Waals surface area contributed by atoms with E-state index in [2.05, 4.69) is 26.0 Å². The summed E-state index contributed by atoms with van der Waals surface area (Å²) in [7, 11) is -1.43. The quantitative estimate of drug-likeness (QED) is 0.474. The van der Waals surface area contributed by atoms with Crippen molar-refractivity contribution in [1.82, 2.24) is 9.80 Å². The Labute approximate surface area is 187 Å². The largest absolute Gasteiger partial charge is 0.342 e. The lowest BCUT2D eigenvalue weighted by atomic mass is 10.0. The first-order valence-corrected chi connectivity index (χ1v) is 12.9. The van der Waals surface area contributed by atoms with E-state index in [1.165, 1.54) is 27.1 Å². The predicted molar refractivity (Wildman–Crippen MR) is 125 cm³/mol. The van der Waals surface area contributed by atoms with Gasteiger partial charge in [-0.3, -0.25) is 14.5 Å². The lowest BCUT2D eigenvalue weighted by Gasteiger charge is -2.24. The summed E-state index contributed by atoms with van der Waals surface area (Å²) in [5.74, 6) is 0.190. The van der Waals surface area contributed by atoms with Crippen LogP contribution in [0.4, 0.5) is 0 Å². The van der Waals surface area contributed by atoms with Crippen LogP contribution in [0.1, 0.15) is 43.7 Å². The van der Waals surface area contributed by atoms with E-state index in [9.17, 15) is 18.0 Å². The molecule has 2 amide bonds. The second kappa shape index (κ2) is 9.20. The van der Waals surface area contributed by atoms with Crippen molar-refractivity contribution in [3.63, 3.8) is 0 Å². The van der Waals surface area contributed by atoms with Gasteiger partial charge in [0.1, 0.15) is 4.32 Å². The highest BCUT2D eigenvalue weighted by atomic mass is 32.2. The minimum absolute atomic E-state index is 0.00857. The van der Waals surface area contributed by atoms with E-state index < -0.39 is 9.84 Å². The highest BCUT2D eigenvalue weighted by molar-refractivity contribution is 8.26. The first kappa shape index (κ1) is 23.0. The molecule has 6 nitrogen and oxygen atoms in total. The predicted octanol–water partition coefficient (Wildman–Crippen LogP) is 3.05. The number of sulfone groups is 1. The van der Waals surface area contributed by atoms with Crippen molar-refractivity contribution < 1.29 is 18.0 Å². The van der Waals surface area contributed by atoms with E-state index in [1.807, 2.05) is 18.2 Å². The van der Waals surface area contributed by atoms with Crippen molar-refractivity contribution in [2.45, 2.75) is 38.6 Å². The number of amides is 2. The van der Waals surface area contributed by atoms with Gasteiger partial charge in [0, 0.05) is 26.1 Å². The van der Waals surface area contributed by atoms with Gasteiger partial charge >= 0.3 is 0 Å². The molecule has 0 saturated carbocycles. The molecule has 2 saturated heterocycles. The van der Waals surface area contributed by atoms with Gasteiger partial charge in [-0.2, -0.15) is 0 Å². The summed E-state index contributed by atoms with van der Waals surface area (Å²) in [5, 5.41) is 0. The molecule has 0 bridgehead atoms. The number of carbonyl (C=O) groups is 2. The lowest BCUT2D eigenvalue weighted by molar-refractivity contribution is -0.132. The van der Waals surface area contributed by atoms with E-state index in [4.69, 9.17) is 12.2 Å². The van der Waals surface area contributed by atoms with E-state index in [0.29, 0.717) is 21.6 Å². The van der Waals surface area contributed by atoms with Crippen LogP contribution in [0, 0.1) is 0 Å². The second-order valence-corrected chi connectivity index (χ2v) is 11.9. The standard InChI is InChI=1S/C21H26N2O4S3/c1-14(2)16-6-4-15(5-7-16)12-18-20(25)23(21(28)29-18)10-8-19(24)22(3)17-9-11-30(26,27)13-17/h4-7,12,14,17H,8-11,13H2,1-3H3/b18-12-/t17-/m0/s1. The third-order valence-electron chi connectivity index (χ3n) is 5.47. The number of thiocarbonyl (C=S) groups is 1. The minimum Gasteiger partial charge on any atom is -0.342 e. The Bertz CT molecular complexity index is 984. The summed E-state index contributed by atoms with van der Waals surface area (Å²) in [5.41, 5.74) is 2.16. The Morgan fingerprint density at radius 1 is 1.33 bits per heavy atom. The monoisotopic (exact) mass is 466 g/mol. The number of benzene rings is 1. The minimum atomic E-state index is -3.06. The van der Waals surface area contributed by atoms with Crippen molar-refractivity contribution in [3.05, 3.63) is 40.3 Å². The first-order valence-electron chi connectivity index (χ1n) is 9.89. The molecule has 3 rings (SSSR count). The van der Waals surface area contributed by atoms with Crippen LogP contribution in [-0.2, 0) is 19.4 Å². The summed E-state index contributed by atoms with van der Waals surface area (Å²) in [4.78, 5) is 28.7. The average molecular weight is 467 g/mol. The van der Waals surface area contributed by atoms with Crippen molar-refractivity contribution in [1.29, 1.82) is 0 Å². The zero-order valence-electron chi connectivity index (χ0n) is 17.3. The lowest BCUT2D eigenvalue weighted by Crippen LogP contribution is -2.40. The van der Waals surface area contributed by atoms with Gasteiger partial charge in [0.15, 0.2) is 9.84 Å². The van der Waals surface area contributed by atoms with Crippen LogP contribution in [-0.4, -0.2) is 65.5 Å². The van der Waals surface area contributed by atoms with Crippen LogP contribution in [0.5, 0.6) is 0 Å². The number of hydrogen-bond acceptors (Lipinski definition) is 6. The summed E-state index contributed by atoms with van der Waals surface area (Å²) in [6.07, 6.45) is 2.39. The van der Waals surface area contributed by atoms with Crippen molar-refractivity contribution >= 4 is 56.0 Å². The normalized spacial score (nSPS) is 22.3. The molecule has 0 unspecified atom stereocenters. The molecule has 1 aromatic carbocycles. The molecular formula is C21H26N2O4S3. The highest BCUT2D eigenvalue weighted by Crippen LogP contribution is 2.33. The maximum atomic E-state index is 12.8. The summed E-state index contributed by atoms with van der Waals surface area (Å²) in [6.45, 7) is 4.45. The molecule has 2 aliphatic rings. The molecule has 1 atom stereocenters. The van der Waals surface area contributed by atoms with Gasteiger partial charge in [-0.15, -0.1) is 0 Å². The molecule has 0 N–H and O–H groups in total. The van der Waals surface area contributed by atoms with Crippen molar-refractivity contribution in [3.8, 4) is 0 Å². The van der Waals surface area contributed by atoms with Gasteiger partial charge < -0.3 is 4.90 Å². The molecule has 2 fully saturated rings. The van der Waals surface area contributed by atoms with Crippen LogP contribution in [0.15, 0.2) is 29.2 Å². The molecule has 2 heterocycles. The second-order valence-electron chi connectivity index (χ2n) is 7.97. The Kier molecular flexibility index (Phi) is 7.04. The molecule has 0 aromatic heterocycles. The van der Waals surface area contributed by atoms with Crippen LogP contribution < -0.4 is 0 Å². The Hall–Kier alpha value is -1.71. The zero-order valence-corrected chi connectivity index (χ0v) is 19.8. The first-order chi connectivity index (χ1) is 14.1. The van der Waals surface area contributed by atoms with Gasteiger partial charge in [-0.05, 0) is 29.5 Å². The number of hydrogen-bond donors (Lipinski definition) is 0. The van der Waals surface area contributed by atoms with E-state index in [1.54, 1.807) is 7.05 Å². The summed E-state index contributed by atoms with van der Waals surface area (Å²) >= 11 is 6.58. The third kappa shape index (κ3) is 5.31. The van der Waals surface area contributed by atoms with Crippen LogP contribution in [0.25, 0.3) is 6.08 Å². The van der Waals surface area contributed by atoms with Gasteiger partial charge in [-0.1, -0.05) is 62.1 Å². The fourth-order valence-corrected chi connectivity index (χ4v) is 6.57. The Morgan fingerprint density at radius 3 is 2.57 bits per heavy atom. The molecule has 30 heavy (non-hydrogen) atoms. The third-order valence-corrected chi connectivity index (χ3v) is 8.60. The molecule has 9 heteroatoms. The molecule has 2 aliphatic heterocycles. The maximum absolute atomic E-state index is 12.8. The topological polar surface area (TPSA) is 74.8 Å². The Morgan fingerprint density at radius 2 is 2.00 bits per heavy atom. The number of thioether (sulfide) groups is 1. The summed E-state index contributed by atoms with van der Waals surface area (Å²) in [6, 6.07) is 7.78. The highest BCUT2D eigenvalue weighted by Gasteiger charge is 2.35. The van der Waals surface area contributed by atoms with E-state index in [0.717, 1.165) is 5.56 Å². The SMILES string of the molecule is CC(C)c1ccc(/C=C2\SC(=S)N(CCC(=O)N(C)[C@H]3CCS(=O)(=O)C3)C2=O)cc1. The number of carbonyl (C=O) groups excluding carboxylic acids is 2. The number of rotatable bonds is 6. The van der Waals surface area contributed by atoms with Crippen LogP contribution in [0.2, 0.25) is 0 Å². The van der Waals surface area contributed by atoms with E-state index in [-0.39, 0.29) is 42.3 Å². The smallest absolute Gasteiger partial charge is 0.266 e. The fraction of sp³-hybridized carbons (Fsp3) is 0.476. The van der Waals surface area contributed by atoms with Crippen LogP contribution in [0.3, 0.4) is 0 Å². The van der Waals surface area contributed by atoms with Crippen molar-refractivity contribution in [2.24, 2.45) is 0 Å². The molecule has 0 radical (unpaired) electrons. The van der Waals surface area contributed by atoms with Gasteiger partial charge in [0.2, 0.25) is 5.91 Å². The average Bonchev–Trinajstić information content (AvgIpc) is 3.18. The zero-order chi connectivity index (χ0) is 22.1. The molecule has 0 spiro atoms. The van der Waals surface area contributed by atoms with Gasteiger partial charge in [0.05, 0.1) is 16.4 Å². The van der Waals surface area contributed by atoms with E-state index >= 15 is 0 Å². The molecular weight excluding hydrogens is 440 g/mol. The fourth-order valence-electron chi connectivity index (χ4n) is 3.49. The number of nitrogens with zero attached hydrogens (tertiary/aromatic N) is 2. The Balaban J connectivity index is 1.60. The molecule has 162 valence electrons. The molecule has 1 aromatic rings.